The normalized spacial score (nSPS) is 14.5. The van der Waals surface area contributed by atoms with Crippen LogP contribution < -0.4 is 0 Å². The molecule has 0 unspecified atom stereocenters. The van der Waals surface area contributed by atoms with E-state index >= 15 is 0 Å². The van der Waals surface area contributed by atoms with Gasteiger partial charge < -0.3 is 5.41 Å². The Morgan fingerprint density at radius 2 is 1.13 bits per heavy atom. The topological polar surface area (TPSA) is 23.9 Å². The molecule has 0 fully saturated rings. The van der Waals surface area contributed by atoms with Crippen LogP contribution in [0, 0.1) is 10.8 Å². The quantitative estimate of drug-likeness (QED) is 0.552. The summed E-state index contributed by atoms with van der Waals surface area (Å²) in [6.45, 7) is 21.0. The SMILES string of the molecule is CC(C)(C)C(=N)C([Si](C)(C)C)[Si](C)(C)C. The Labute approximate surface area is 98.2 Å². The van der Waals surface area contributed by atoms with Crippen LogP contribution >= 0.6 is 0 Å². The minimum absolute atomic E-state index is 0.0469. The first kappa shape index (κ1) is 15.1. The van der Waals surface area contributed by atoms with Crippen molar-refractivity contribution in [1.29, 1.82) is 5.41 Å². The zero-order valence-corrected chi connectivity index (χ0v) is 14.1. The van der Waals surface area contributed by atoms with Gasteiger partial charge in [0.2, 0.25) is 0 Å². The number of hydrogen-bond donors (Lipinski definition) is 1. The van der Waals surface area contributed by atoms with Crippen LogP contribution in [0.3, 0.4) is 0 Å². The zero-order chi connectivity index (χ0) is 12.7. The van der Waals surface area contributed by atoms with Crippen LogP contribution in [0.4, 0.5) is 0 Å². The van der Waals surface area contributed by atoms with Gasteiger partial charge in [-0.3, -0.25) is 0 Å². The van der Waals surface area contributed by atoms with Gasteiger partial charge in [-0.2, -0.15) is 0 Å². The first-order valence-electron chi connectivity index (χ1n) is 5.87. The molecule has 0 atom stereocenters. The second-order valence-corrected chi connectivity index (χ2v) is 19.0. The van der Waals surface area contributed by atoms with Crippen LogP contribution in [0.25, 0.3) is 0 Å². The van der Waals surface area contributed by atoms with Crippen molar-refractivity contribution in [3.8, 4) is 0 Å². The van der Waals surface area contributed by atoms with Crippen molar-refractivity contribution in [2.45, 2.75) is 65.2 Å². The Balaban J connectivity index is 5.26. The van der Waals surface area contributed by atoms with Crippen molar-refractivity contribution in [1.82, 2.24) is 0 Å². The minimum Gasteiger partial charge on any atom is -0.309 e. The minimum atomic E-state index is -1.26. The van der Waals surface area contributed by atoms with E-state index in [0.717, 1.165) is 5.71 Å². The lowest BCUT2D eigenvalue weighted by Crippen LogP contribution is -2.50. The van der Waals surface area contributed by atoms with Crippen molar-refractivity contribution >= 4 is 21.9 Å². The summed E-state index contributed by atoms with van der Waals surface area (Å²) >= 11 is 0. The molecule has 1 nitrogen and oxygen atoms in total. The highest BCUT2D eigenvalue weighted by Crippen LogP contribution is 2.38. The van der Waals surface area contributed by atoms with Gasteiger partial charge in [-0.15, -0.1) is 0 Å². The summed E-state index contributed by atoms with van der Waals surface area (Å²) in [7, 11) is -2.52. The second kappa shape index (κ2) is 4.17. The maximum absolute atomic E-state index is 8.48. The number of hydrogen-bond acceptors (Lipinski definition) is 1. The van der Waals surface area contributed by atoms with Gasteiger partial charge in [-0.1, -0.05) is 60.1 Å². The predicted octanol–water partition coefficient (Wildman–Crippen LogP) is 4.64. The molecule has 0 bridgehead atoms. The molecule has 0 heterocycles. The van der Waals surface area contributed by atoms with Gasteiger partial charge in [-0.25, -0.2) is 0 Å². The van der Waals surface area contributed by atoms with Crippen LogP contribution in [0.2, 0.25) is 44.4 Å². The summed E-state index contributed by atoms with van der Waals surface area (Å²) in [4.78, 5) is 0. The largest absolute Gasteiger partial charge is 0.309 e. The lowest BCUT2D eigenvalue weighted by molar-refractivity contribution is 0.579. The molecule has 0 aliphatic heterocycles. The number of nitrogens with one attached hydrogen (secondary N) is 1. The highest BCUT2D eigenvalue weighted by atomic mass is 28.4. The molecule has 3 heteroatoms. The second-order valence-electron chi connectivity index (χ2n) is 7.83. The summed E-state index contributed by atoms with van der Waals surface area (Å²) in [6.07, 6.45) is 0. The van der Waals surface area contributed by atoms with E-state index in [1.54, 1.807) is 0 Å². The third kappa shape index (κ3) is 4.23. The van der Waals surface area contributed by atoms with Gasteiger partial charge in [0.25, 0.3) is 0 Å². The molecule has 0 saturated carbocycles. The molecule has 0 aromatic heterocycles. The van der Waals surface area contributed by atoms with E-state index in [1.807, 2.05) is 0 Å². The van der Waals surface area contributed by atoms with Gasteiger partial charge in [0.05, 0.1) is 16.1 Å². The maximum atomic E-state index is 8.48. The molecule has 90 valence electrons. The molecule has 0 aromatic carbocycles. The molecule has 1 N–H and O–H groups in total. The van der Waals surface area contributed by atoms with Crippen molar-refractivity contribution in [3.05, 3.63) is 0 Å². The van der Waals surface area contributed by atoms with Crippen molar-refractivity contribution in [3.63, 3.8) is 0 Å². The van der Waals surface area contributed by atoms with Crippen molar-refractivity contribution in [2.75, 3.05) is 0 Å². The molecule has 0 aliphatic rings. The summed E-state index contributed by atoms with van der Waals surface area (Å²) in [5.41, 5.74) is 1.05. The standard InChI is InChI=1S/C12H29NSi2/c1-12(2,3)10(13)11(14(4,5)6)15(7,8)9/h11,13H,1-9H3. The van der Waals surface area contributed by atoms with Crippen LogP contribution in [0.15, 0.2) is 0 Å². The first-order chi connectivity index (χ1) is 6.28. The third-order valence-corrected chi connectivity index (χ3v) is 12.1. The average Bonchev–Trinajstić information content (AvgIpc) is 1.76. The summed E-state index contributed by atoms with van der Waals surface area (Å²) in [6, 6.07) is 0. The van der Waals surface area contributed by atoms with Gasteiger partial charge in [-0.05, 0) is 10.6 Å². The molecule has 0 aromatic rings. The lowest BCUT2D eigenvalue weighted by atomic mass is 9.91. The predicted molar refractivity (Wildman–Crippen MR) is 77.6 cm³/mol. The molecular weight excluding hydrogens is 214 g/mol. The smallest absolute Gasteiger partial charge is 0.0508 e. The van der Waals surface area contributed by atoms with Crippen LogP contribution in [0.1, 0.15) is 20.8 Å². The summed E-state index contributed by atoms with van der Waals surface area (Å²) < 4.78 is 0. The monoisotopic (exact) mass is 243 g/mol. The Kier molecular flexibility index (Phi) is 4.20. The summed E-state index contributed by atoms with van der Waals surface area (Å²) in [5, 5.41) is 9.08. The average molecular weight is 244 g/mol. The van der Waals surface area contributed by atoms with Gasteiger partial charge in [0.1, 0.15) is 0 Å². The van der Waals surface area contributed by atoms with E-state index in [4.69, 9.17) is 5.41 Å². The van der Waals surface area contributed by atoms with E-state index in [-0.39, 0.29) is 5.41 Å². The van der Waals surface area contributed by atoms with E-state index in [2.05, 4.69) is 60.1 Å². The van der Waals surface area contributed by atoms with Gasteiger partial charge in [0.15, 0.2) is 0 Å². The highest BCUT2D eigenvalue weighted by molar-refractivity contribution is 7.00. The van der Waals surface area contributed by atoms with Gasteiger partial charge in [0, 0.05) is 5.71 Å². The fourth-order valence-corrected chi connectivity index (χ4v) is 15.6. The lowest BCUT2D eigenvalue weighted by Gasteiger charge is -2.42. The van der Waals surface area contributed by atoms with Crippen LogP contribution in [-0.4, -0.2) is 21.9 Å². The molecule has 0 radical (unpaired) electrons. The Morgan fingerprint density at radius 3 is 1.20 bits per heavy atom. The molecule has 0 aliphatic carbocycles. The first-order valence-corrected chi connectivity index (χ1v) is 13.0. The molecule has 0 spiro atoms. The fourth-order valence-electron chi connectivity index (χ4n) is 2.60. The molecular formula is C12H29NSi2. The molecule has 0 amide bonds. The van der Waals surface area contributed by atoms with E-state index in [0.29, 0.717) is 5.16 Å². The fraction of sp³-hybridized carbons (Fsp3) is 0.917. The van der Waals surface area contributed by atoms with Gasteiger partial charge >= 0.3 is 0 Å². The van der Waals surface area contributed by atoms with Crippen molar-refractivity contribution in [2.24, 2.45) is 5.41 Å². The van der Waals surface area contributed by atoms with Crippen molar-refractivity contribution < 1.29 is 0 Å². The van der Waals surface area contributed by atoms with E-state index < -0.39 is 16.1 Å². The Bertz CT molecular complexity index is 224. The van der Waals surface area contributed by atoms with Crippen LogP contribution in [0.5, 0.6) is 0 Å². The van der Waals surface area contributed by atoms with E-state index in [1.165, 1.54) is 0 Å². The Hall–Kier alpha value is 0.104. The molecule has 0 rings (SSSR count). The summed E-state index contributed by atoms with van der Waals surface area (Å²) in [5.74, 6) is 0. The molecule has 0 saturated heterocycles. The molecule has 15 heavy (non-hydrogen) atoms. The maximum Gasteiger partial charge on any atom is 0.0508 e. The number of rotatable bonds is 3. The van der Waals surface area contributed by atoms with Crippen LogP contribution in [-0.2, 0) is 0 Å². The zero-order valence-electron chi connectivity index (χ0n) is 12.1. The Morgan fingerprint density at radius 1 is 0.867 bits per heavy atom. The van der Waals surface area contributed by atoms with E-state index in [9.17, 15) is 0 Å². The highest BCUT2D eigenvalue weighted by Gasteiger charge is 2.43. The third-order valence-electron chi connectivity index (χ3n) is 2.83.